The van der Waals surface area contributed by atoms with Crippen LogP contribution in [0.2, 0.25) is 0 Å². The zero-order valence-electron chi connectivity index (χ0n) is 14.6. The lowest BCUT2D eigenvalue weighted by atomic mass is 9.94. The molecule has 6 nitrogen and oxygen atoms in total. The van der Waals surface area contributed by atoms with Crippen molar-refractivity contribution >= 4 is 16.7 Å². The molecule has 2 saturated heterocycles. The molecule has 1 aromatic carbocycles. The van der Waals surface area contributed by atoms with Gasteiger partial charge in [-0.05, 0) is 40.3 Å². The van der Waals surface area contributed by atoms with Gasteiger partial charge in [0.1, 0.15) is 5.52 Å². The van der Waals surface area contributed by atoms with E-state index in [-0.39, 0.29) is 0 Å². The zero-order chi connectivity index (χ0) is 16.5. The smallest absolute Gasteiger partial charge is 0.158 e. The number of aromatic nitrogens is 2. The first-order valence-electron chi connectivity index (χ1n) is 9.06. The quantitative estimate of drug-likeness (QED) is 0.840. The van der Waals surface area contributed by atoms with Crippen LogP contribution in [-0.2, 0) is 4.74 Å². The van der Waals surface area contributed by atoms with E-state index >= 15 is 0 Å². The highest BCUT2D eigenvalue weighted by Crippen LogP contribution is 2.34. The fourth-order valence-electron chi connectivity index (χ4n) is 3.69. The van der Waals surface area contributed by atoms with Crippen LogP contribution in [0.4, 0.5) is 5.69 Å². The summed E-state index contributed by atoms with van der Waals surface area (Å²) in [6, 6.07) is 4.40. The fourth-order valence-corrected chi connectivity index (χ4v) is 3.69. The molecule has 0 amide bonds. The maximum Gasteiger partial charge on any atom is 0.158 e. The number of hydrogen-bond acceptors (Lipinski definition) is 6. The van der Waals surface area contributed by atoms with E-state index in [1.54, 1.807) is 0 Å². The van der Waals surface area contributed by atoms with Gasteiger partial charge in [0.2, 0.25) is 0 Å². The average Bonchev–Trinajstić information content (AvgIpc) is 3.06. The highest BCUT2D eigenvalue weighted by Gasteiger charge is 2.31. The van der Waals surface area contributed by atoms with Crippen LogP contribution in [0.3, 0.4) is 0 Å². The largest absolute Gasteiger partial charge is 0.379 e. The van der Waals surface area contributed by atoms with Gasteiger partial charge in [0.05, 0.1) is 18.9 Å². The molecule has 130 valence electrons. The van der Waals surface area contributed by atoms with Crippen LogP contribution < -0.4 is 4.90 Å². The second-order valence-corrected chi connectivity index (χ2v) is 7.17. The van der Waals surface area contributed by atoms with Crippen LogP contribution in [0.15, 0.2) is 16.8 Å². The van der Waals surface area contributed by atoms with E-state index in [2.05, 4.69) is 46.1 Å². The standard InChI is InChI=1S/C18H26N4O2/c1-3-13(2)15-8-16-18(20-24-19-16)17(9-15)22-11-14(12-22)10-21-4-6-23-7-5-21/h8-9,13-14H,3-7,10-12H2,1-2H3. The highest BCUT2D eigenvalue weighted by atomic mass is 16.6. The molecule has 2 fully saturated rings. The van der Waals surface area contributed by atoms with E-state index in [0.717, 1.165) is 62.8 Å². The first-order valence-corrected chi connectivity index (χ1v) is 9.06. The van der Waals surface area contributed by atoms with E-state index < -0.39 is 0 Å². The maximum absolute atomic E-state index is 5.43. The summed E-state index contributed by atoms with van der Waals surface area (Å²) in [5.41, 5.74) is 4.28. The van der Waals surface area contributed by atoms with Gasteiger partial charge < -0.3 is 9.64 Å². The van der Waals surface area contributed by atoms with Crippen LogP contribution in [-0.4, -0.2) is 61.2 Å². The molecule has 0 N–H and O–H groups in total. The van der Waals surface area contributed by atoms with Crippen molar-refractivity contribution in [1.82, 2.24) is 15.2 Å². The maximum atomic E-state index is 5.43. The van der Waals surface area contributed by atoms with Gasteiger partial charge in [-0.3, -0.25) is 4.90 Å². The normalized spacial score (nSPS) is 21.2. The third kappa shape index (κ3) is 3.00. The number of nitrogens with zero attached hydrogens (tertiary/aromatic N) is 4. The SMILES string of the molecule is CCC(C)c1cc(N2CC(CN3CCOCC3)C2)c2nonc2c1. The molecule has 0 saturated carbocycles. The van der Waals surface area contributed by atoms with Crippen LogP contribution in [0.5, 0.6) is 0 Å². The van der Waals surface area contributed by atoms with Gasteiger partial charge in [0, 0.05) is 38.6 Å². The predicted molar refractivity (Wildman–Crippen MR) is 93.5 cm³/mol. The molecule has 3 heterocycles. The monoisotopic (exact) mass is 330 g/mol. The van der Waals surface area contributed by atoms with Gasteiger partial charge in [-0.15, -0.1) is 0 Å². The van der Waals surface area contributed by atoms with Gasteiger partial charge in [-0.1, -0.05) is 13.8 Å². The second-order valence-electron chi connectivity index (χ2n) is 7.17. The Morgan fingerprint density at radius 3 is 2.75 bits per heavy atom. The van der Waals surface area contributed by atoms with Gasteiger partial charge in [0.25, 0.3) is 0 Å². The average molecular weight is 330 g/mol. The lowest BCUT2D eigenvalue weighted by Gasteiger charge is -2.43. The topological polar surface area (TPSA) is 54.6 Å². The second kappa shape index (κ2) is 6.69. The Bertz CT molecular complexity index is 689. The van der Waals surface area contributed by atoms with Crippen molar-refractivity contribution in [2.75, 3.05) is 50.8 Å². The minimum atomic E-state index is 0.523. The molecule has 2 aromatic rings. The number of ether oxygens (including phenoxy) is 1. The number of morpholine rings is 1. The number of rotatable bonds is 5. The van der Waals surface area contributed by atoms with E-state index in [4.69, 9.17) is 9.37 Å². The van der Waals surface area contributed by atoms with Crippen LogP contribution >= 0.6 is 0 Å². The van der Waals surface area contributed by atoms with Gasteiger partial charge in [0.15, 0.2) is 5.52 Å². The molecule has 0 aliphatic carbocycles. The highest BCUT2D eigenvalue weighted by molar-refractivity contribution is 5.89. The Balaban J connectivity index is 1.47. The number of hydrogen-bond donors (Lipinski definition) is 0. The van der Waals surface area contributed by atoms with E-state index in [9.17, 15) is 0 Å². The number of fused-ring (bicyclic) bond motifs is 1. The summed E-state index contributed by atoms with van der Waals surface area (Å²) in [5, 5.41) is 8.21. The lowest BCUT2D eigenvalue weighted by molar-refractivity contribution is 0.0286. The molecule has 2 aliphatic rings. The van der Waals surface area contributed by atoms with Gasteiger partial charge >= 0.3 is 0 Å². The molecule has 0 radical (unpaired) electrons. The molecular formula is C18H26N4O2. The summed E-state index contributed by atoms with van der Waals surface area (Å²) < 4.78 is 10.4. The molecule has 1 atom stereocenters. The van der Waals surface area contributed by atoms with E-state index in [1.165, 1.54) is 17.8 Å². The van der Waals surface area contributed by atoms with Crippen molar-refractivity contribution in [3.05, 3.63) is 17.7 Å². The van der Waals surface area contributed by atoms with Gasteiger partial charge in [-0.25, -0.2) is 4.63 Å². The Labute approximate surface area is 142 Å². The number of benzene rings is 1. The molecule has 24 heavy (non-hydrogen) atoms. The summed E-state index contributed by atoms with van der Waals surface area (Å²) in [7, 11) is 0. The summed E-state index contributed by atoms with van der Waals surface area (Å²) >= 11 is 0. The fraction of sp³-hybridized carbons (Fsp3) is 0.667. The third-order valence-electron chi connectivity index (χ3n) is 5.46. The lowest BCUT2D eigenvalue weighted by Crippen LogP contribution is -2.53. The summed E-state index contributed by atoms with van der Waals surface area (Å²) in [5.74, 6) is 1.25. The minimum absolute atomic E-state index is 0.523. The summed E-state index contributed by atoms with van der Waals surface area (Å²) in [6.07, 6.45) is 1.12. The number of anilines is 1. The van der Waals surface area contributed by atoms with Crippen LogP contribution in [0.25, 0.3) is 11.0 Å². The molecule has 6 heteroatoms. The Morgan fingerprint density at radius 2 is 2.00 bits per heavy atom. The molecule has 2 aliphatic heterocycles. The first-order chi connectivity index (χ1) is 11.7. The molecule has 4 rings (SSSR count). The Kier molecular flexibility index (Phi) is 4.41. The summed E-state index contributed by atoms with van der Waals surface area (Å²) in [4.78, 5) is 4.94. The predicted octanol–water partition coefficient (Wildman–Crippen LogP) is 2.50. The third-order valence-corrected chi connectivity index (χ3v) is 5.46. The molecule has 1 aromatic heterocycles. The van der Waals surface area contributed by atoms with Crippen molar-refractivity contribution in [1.29, 1.82) is 0 Å². The molecule has 1 unspecified atom stereocenters. The van der Waals surface area contributed by atoms with Crippen molar-refractivity contribution in [2.45, 2.75) is 26.2 Å². The van der Waals surface area contributed by atoms with Crippen LogP contribution in [0, 0.1) is 5.92 Å². The summed E-state index contributed by atoms with van der Waals surface area (Å²) in [6.45, 7) is 11.7. The molecule has 0 bridgehead atoms. The van der Waals surface area contributed by atoms with Crippen molar-refractivity contribution < 1.29 is 9.37 Å². The Morgan fingerprint density at radius 1 is 1.21 bits per heavy atom. The van der Waals surface area contributed by atoms with Crippen molar-refractivity contribution in [3.63, 3.8) is 0 Å². The molecular weight excluding hydrogens is 304 g/mol. The van der Waals surface area contributed by atoms with Crippen LogP contribution in [0.1, 0.15) is 31.7 Å². The minimum Gasteiger partial charge on any atom is -0.379 e. The van der Waals surface area contributed by atoms with E-state index in [0.29, 0.717) is 5.92 Å². The zero-order valence-corrected chi connectivity index (χ0v) is 14.6. The first kappa shape index (κ1) is 15.8. The molecule has 0 spiro atoms. The van der Waals surface area contributed by atoms with Crippen molar-refractivity contribution in [3.8, 4) is 0 Å². The van der Waals surface area contributed by atoms with Crippen molar-refractivity contribution in [2.24, 2.45) is 5.92 Å². The Hall–Kier alpha value is -1.66. The van der Waals surface area contributed by atoms with Gasteiger partial charge in [-0.2, -0.15) is 0 Å². The van der Waals surface area contributed by atoms with E-state index in [1.807, 2.05) is 0 Å².